The third-order valence-corrected chi connectivity index (χ3v) is 3.50. The molecule has 2 heterocycles. The fourth-order valence-electron chi connectivity index (χ4n) is 1.78. The molecule has 0 radical (unpaired) electrons. The van der Waals surface area contributed by atoms with Crippen molar-refractivity contribution in [3.63, 3.8) is 0 Å². The summed E-state index contributed by atoms with van der Waals surface area (Å²) in [6.07, 6.45) is 6.46. The van der Waals surface area contributed by atoms with Crippen molar-refractivity contribution in [2.24, 2.45) is 0 Å². The summed E-state index contributed by atoms with van der Waals surface area (Å²) in [5.41, 5.74) is 2.16. The number of hydrogen-bond acceptors (Lipinski definition) is 3. The van der Waals surface area contributed by atoms with Crippen LogP contribution in [0.15, 0.2) is 24.5 Å². The number of hydrogen-bond donors (Lipinski definition) is 2. The van der Waals surface area contributed by atoms with Gasteiger partial charge in [0.1, 0.15) is 5.65 Å². The van der Waals surface area contributed by atoms with Gasteiger partial charge in [0.2, 0.25) is 0 Å². The van der Waals surface area contributed by atoms with Crippen molar-refractivity contribution in [1.82, 2.24) is 15.3 Å². The van der Waals surface area contributed by atoms with Crippen molar-refractivity contribution in [3.05, 3.63) is 30.1 Å². The SMILES string of the molecule is CS(=O)CCCNCc1c[nH]c2ncccc12. The highest BCUT2D eigenvalue weighted by Crippen LogP contribution is 2.14. The Labute approximate surface area is 103 Å². The highest BCUT2D eigenvalue weighted by atomic mass is 32.2. The molecule has 2 rings (SSSR count). The topological polar surface area (TPSA) is 57.8 Å². The molecule has 17 heavy (non-hydrogen) atoms. The first-order chi connectivity index (χ1) is 8.27. The summed E-state index contributed by atoms with van der Waals surface area (Å²) in [5.74, 6) is 0.766. The number of rotatable bonds is 6. The van der Waals surface area contributed by atoms with Crippen LogP contribution < -0.4 is 5.32 Å². The second-order valence-corrected chi connectivity index (χ2v) is 5.58. The van der Waals surface area contributed by atoms with Crippen molar-refractivity contribution in [2.45, 2.75) is 13.0 Å². The summed E-state index contributed by atoms with van der Waals surface area (Å²) in [4.78, 5) is 7.39. The molecule has 0 aliphatic carbocycles. The number of fused-ring (bicyclic) bond motifs is 1. The Bertz CT molecular complexity index is 509. The Balaban J connectivity index is 1.85. The molecule has 0 saturated heterocycles. The maximum absolute atomic E-state index is 10.9. The van der Waals surface area contributed by atoms with Gasteiger partial charge in [0.25, 0.3) is 0 Å². The lowest BCUT2D eigenvalue weighted by molar-refractivity contribution is 0.663. The summed E-state index contributed by atoms with van der Waals surface area (Å²) >= 11 is 0. The van der Waals surface area contributed by atoms with Gasteiger partial charge in [-0.2, -0.15) is 0 Å². The minimum atomic E-state index is -0.684. The number of pyridine rings is 1. The number of aromatic nitrogens is 2. The molecule has 2 aromatic rings. The summed E-state index contributed by atoms with van der Waals surface area (Å²) < 4.78 is 10.9. The average Bonchev–Trinajstić information content (AvgIpc) is 2.72. The van der Waals surface area contributed by atoms with E-state index in [0.29, 0.717) is 0 Å². The number of nitrogens with zero attached hydrogens (tertiary/aromatic N) is 1. The monoisotopic (exact) mass is 251 g/mol. The first-order valence-corrected chi connectivity index (χ1v) is 7.42. The lowest BCUT2D eigenvalue weighted by Crippen LogP contribution is -2.16. The molecule has 0 aliphatic rings. The first-order valence-electron chi connectivity index (χ1n) is 5.69. The smallest absolute Gasteiger partial charge is 0.137 e. The van der Waals surface area contributed by atoms with Crippen LogP contribution >= 0.6 is 0 Å². The minimum Gasteiger partial charge on any atom is -0.346 e. The molecule has 1 atom stereocenters. The van der Waals surface area contributed by atoms with Crippen molar-refractivity contribution >= 4 is 21.8 Å². The third kappa shape index (κ3) is 3.38. The largest absolute Gasteiger partial charge is 0.346 e. The first kappa shape index (κ1) is 12.3. The van der Waals surface area contributed by atoms with E-state index in [4.69, 9.17) is 0 Å². The molecule has 0 aromatic carbocycles. The molecular formula is C12H17N3OS. The standard InChI is InChI=1S/C12H17N3OS/c1-17(16)7-3-5-13-8-10-9-15-12-11(10)4-2-6-14-12/h2,4,6,9,13H,3,5,7-8H2,1H3,(H,14,15). The lowest BCUT2D eigenvalue weighted by Gasteiger charge is -2.02. The highest BCUT2D eigenvalue weighted by Gasteiger charge is 2.02. The normalized spacial score (nSPS) is 13.0. The number of H-pyrrole nitrogens is 1. The quantitative estimate of drug-likeness (QED) is 0.763. The number of aromatic amines is 1. The van der Waals surface area contributed by atoms with Crippen LogP contribution in [0.25, 0.3) is 11.0 Å². The fourth-order valence-corrected chi connectivity index (χ4v) is 2.33. The minimum absolute atomic E-state index is 0.684. The zero-order chi connectivity index (χ0) is 12.1. The van der Waals surface area contributed by atoms with E-state index in [1.165, 1.54) is 10.9 Å². The van der Waals surface area contributed by atoms with Crippen LogP contribution in [-0.4, -0.2) is 32.7 Å². The molecule has 2 aromatic heterocycles. The van der Waals surface area contributed by atoms with Gasteiger partial charge >= 0.3 is 0 Å². The van der Waals surface area contributed by atoms with Crippen LogP contribution in [0.4, 0.5) is 0 Å². The molecule has 4 nitrogen and oxygen atoms in total. The van der Waals surface area contributed by atoms with E-state index in [9.17, 15) is 4.21 Å². The molecule has 0 fully saturated rings. The molecule has 5 heteroatoms. The van der Waals surface area contributed by atoms with E-state index < -0.39 is 10.8 Å². The van der Waals surface area contributed by atoms with Crippen LogP contribution in [-0.2, 0) is 17.3 Å². The maximum atomic E-state index is 10.9. The van der Waals surface area contributed by atoms with E-state index in [1.54, 1.807) is 12.5 Å². The molecular weight excluding hydrogens is 234 g/mol. The zero-order valence-electron chi connectivity index (χ0n) is 9.90. The van der Waals surface area contributed by atoms with Gasteiger partial charge in [0, 0.05) is 47.1 Å². The molecule has 0 amide bonds. The maximum Gasteiger partial charge on any atom is 0.137 e. The highest BCUT2D eigenvalue weighted by molar-refractivity contribution is 7.84. The van der Waals surface area contributed by atoms with Crippen molar-refractivity contribution in [1.29, 1.82) is 0 Å². The summed E-state index contributed by atoms with van der Waals surface area (Å²) in [7, 11) is -0.684. The summed E-state index contributed by atoms with van der Waals surface area (Å²) in [6.45, 7) is 1.72. The zero-order valence-corrected chi connectivity index (χ0v) is 10.7. The van der Waals surface area contributed by atoms with Gasteiger partial charge in [-0.05, 0) is 30.7 Å². The Kier molecular flexibility index (Phi) is 4.28. The molecule has 1 unspecified atom stereocenters. The average molecular weight is 251 g/mol. The Morgan fingerprint density at radius 3 is 3.24 bits per heavy atom. The van der Waals surface area contributed by atoms with Gasteiger partial charge in [0.15, 0.2) is 0 Å². The predicted molar refractivity (Wildman–Crippen MR) is 71.4 cm³/mol. The molecule has 0 bridgehead atoms. The van der Waals surface area contributed by atoms with Crippen molar-refractivity contribution in [2.75, 3.05) is 18.6 Å². The Morgan fingerprint density at radius 2 is 2.41 bits per heavy atom. The van der Waals surface area contributed by atoms with Gasteiger partial charge in [-0.1, -0.05) is 0 Å². The summed E-state index contributed by atoms with van der Waals surface area (Å²) in [6, 6.07) is 4.01. The molecule has 92 valence electrons. The van der Waals surface area contributed by atoms with E-state index in [-0.39, 0.29) is 0 Å². The van der Waals surface area contributed by atoms with Crippen LogP contribution in [0.2, 0.25) is 0 Å². The fraction of sp³-hybridized carbons (Fsp3) is 0.417. The van der Waals surface area contributed by atoms with E-state index in [0.717, 1.165) is 30.9 Å². The van der Waals surface area contributed by atoms with Crippen LogP contribution in [0.1, 0.15) is 12.0 Å². The van der Waals surface area contributed by atoms with Crippen LogP contribution in [0, 0.1) is 0 Å². The Hall–Kier alpha value is -1.20. The lowest BCUT2D eigenvalue weighted by atomic mass is 10.2. The van der Waals surface area contributed by atoms with Gasteiger partial charge in [-0.3, -0.25) is 4.21 Å². The van der Waals surface area contributed by atoms with E-state index >= 15 is 0 Å². The van der Waals surface area contributed by atoms with Crippen LogP contribution in [0.3, 0.4) is 0 Å². The molecule has 0 spiro atoms. The molecule has 2 N–H and O–H groups in total. The molecule has 0 aliphatic heterocycles. The van der Waals surface area contributed by atoms with E-state index in [2.05, 4.69) is 21.4 Å². The van der Waals surface area contributed by atoms with Gasteiger partial charge in [-0.25, -0.2) is 4.98 Å². The van der Waals surface area contributed by atoms with E-state index in [1.807, 2.05) is 12.3 Å². The van der Waals surface area contributed by atoms with Gasteiger partial charge in [-0.15, -0.1) is 0 Å². The van der Waals surface area contributed by atoms with Crippen molar-refractivity contribution in [3.8, 4) is 0 Å². The summed E-state index contributed by atoms with van der Waals surface area (Å²) in [5, 5.41) is 4.52. The van der Waals surface area contributed by atoms with Gasteiger partial charge in [0.05, 0.1) is 0 Å². The van der Waals surface area contributed by atoms with Gasteiger partial charge < -0.3 is 10.3 Å². The number of nitrogens with one attached hydrogen (secondary N) is 2. The van der Waals surface area contributed by atoms with Crippen molar-refractivity contribution < 1.29 is 4.21 Å². The Morgan fingerprint density at radius 1 is 1.53 bits per heavy atom. The second kappa shape index (κ2) is 5.93. The third-order valence-electron chi connectivity index (χ3n) is 2.64. The molecule has 0 saturated carbocycles. The predicted octanol–water partition coefficient (Wildman–Crippen LogP) is 1.42. The van der Waals surface area contributed by atoms with Crippen LogP contribution in [0.5, 0.6) is 0 Å². The second-order valence-electron chi connectivity index (χ2n) is 4.02.